The molecule has 1 saturated carbocycles. The molecule has 3 N–H and O–H groups in total. The molecule has 0 saturated heterocycles. The Morgan fingerprint density at radius 2 is 1.91 bits per heavy atom. The molecule has 2 aliphatic carbocycles. The summed E-state index contributed by atoms with van der Waals surface area (Å²) < 4.78 is 32.7. The number of nitrogens with two attached hydrogens (primary N) is 1. The minimum Gasteiger partial charge on any atom is -0.453 e. The van der Waals surface area contributed by atoms with E-state index in [1.807, 2.05) is 16.7 Å². The van der Waals surface area contributed by atoms with Crippen LogP contribution in [0.2, 0.25) is 0 Å². The third kappa shape index (κ3) is 7.70. The van der Waals surface area contributed by atoms with Gasteiger partial charge in [-0.15, -0.1) is 0 Å². The van der Waals surface area contributed by atoms with E-state index in [1.54, 1.807) is 50.5 Å². The molecule has 2 aromatic heterocycles. The van der Waals surface area contributed by atoms with Gasteiger partial charge in [-0.3, -0.25) is 14.3 Å². The third-order valence-electron chi connectivity index (χ3n) is 7.34. The van der Waals surface area contributed by atoms with Crippen LogP contribution in [0.1, 0.15) is 53.0 Å². The molecule has 5 atom stereocenters. The van der Waals surface area contributed by atoms with Crippen LogP contribution >= 0.6 is 7.60 Å². The summed E-state index contributed by atoms with van der Waals surface area (Å²) in [5.74, 6) is 0.855. The zero-order chi connectivity index (χ0) is 31.4. The first kappa shape index (κ1) is 31.3. The summed E-state index contributed by atoms with van der Waals surface area (Å²) in [6.45, 7) is 6.54. The number of anilines is 2. The summed E-state index contributed by atoms with van der Waals surface area (Å²) in [6.07, 6.45) is 7.63. The zero-order valence-electron chi connectivity index (χ0n) is 25.2. The molecular formula is C30H38N7O6P. The number of nitrogens with zero attached hydrogens (tertiary/aromatic N) is 5. The fraction of sp³-hybridized carbons (Fsp3) is 0.467. The second-order valence-corrected chi connectivity index (χ2v) is 13.2. The van der Waals surface area contributed by atoms with Gasteiger partial charge in [-0.25, -0.2) is 14.3 Å². The highest BCUT2D eigenvalue weighted by Gasteiger charge is 2.31. The number of imidazole rings is 1. The Morgan fingerprint density at radius 1 is 1.16 bits per heavy atom. The summed E-state index contributed by atoms with van der Waals surface area (Å²) >= 11 is 0. The topological polar surface area (TPSA) is 173 Å². The third-order valence-corrected chi connectivity index (χ3v) is 8.73. The van der Waals surface area contributed by atoms with Crippen molar-refractivity contribution in [3.05, 3.63) is 48.8 Å². The van der Waals surface area contributed by atoms with Crippen molar-refractivity contribution in [1.82, 2.24) is 19.5 Å². The van der Waals surface area contributed by atoms with E-state index in [4.69, 9.17) is 19.5 Å². The molecule has 0 spiro atoms. The van der Waals surface area contributed by atoms with E-state index in [0.29, 0.717) is 35.2 Å². The molecule has 2 heterocycles. The molecule has 5 rings (SSSR count). The SMILES string of the molecule is CC(C)C(=O)[C@H](C)OC(=O)[C@H](C)N=CP(=O)(OC[C@@H]1C=C[C@H](n2cnc3c(NC4CC4)nc(N)nc32)C1)Oc1ccccc1. The lowest BCUT2D eigenvalue weighted by molar-refractivity contribution is -0.155. The standard InChI is InChI=1S/C30H38N7O6P/c1-18(2)26(38)20(4)42-29(39)19(3)33-17-44(40,43-24-8-6-5-7-9-24)41-15-21-10-13-23(14-21)37-16-32-25-27(34-22-11-12-22)35-30(31)36-28(25)37/h5-10,13,16-23H,11-12,14-15H2,1-4H3,(H3,31,34,35,36)/t19-,20-,21+,23-,44?/m0/s1. The van der Waals surface area contributed by atoms with Gasteiger partial charge in [0.25, 0.3) is 0 Å². The lowest BCUT2D eigenvalue weighted by atomic mass is 10.1. The molecule has 3 aromatic rings. The van der Waals surface area contributed by atoms with Crippen LogP contribution < -0.4 is 15.6 Å². The van der Waals surface area contributed by atoms with E-state index in [-0.39, 0.29) is 36.2 Å². The Hall–Kier alpha value is -4.09. The first-order valence-electron chi connectivity index (χ1n) is 14.7. The van der Waals surface area contributed by atoms with Gasteiger partial charge in [-0.1, -0.05) is 44.2 Å². The molecule has 0 bridgehead atoms. The van der Waals surface area contributed by atoms with Crippen molar-refractivity contribution < 1.29 is 27.9 Å². The van der Waals surface area contributed by atoms with Gasteiger partial charge in [0, 0.05) is 17.9 Å². The van der Waals surface area contributed by atoms with Crippen molar-refractivity contribution in [2.24, 2.45) is 16.8 Å². The van der Waals surface area contributed by atoms with E-state index in [0.717, 1.165) is 18.8 Å². The van der Waals surface area contributed by atoms with Gasteiger partial charge in [-0.05, 0) is 45.2 Å². The van der Waals surface area contributed by atoms with Crippen LogP contribution in [0.4, 0.5) is 11.8 Å². The highest BCUT2D eigenvalue weighted by molar-refractivity contribution is 7.70. The van der Waals surface area contributed by atoms with Crippen LogP contribution in [-0.4, -0.2) is 62.0 Å². The number of ether oxygens (including phenoxy) is 1. The van der Waals surface area contributed by atoms with E-state index in [2.05, 4.69) is 25.3 Å². The van der Waals surface area contributed by atoms with Crippen LogP contribution in [0.5, 0.6) is 5.75 Å². The van der Waals surface area contributed by atoms with Crippen molar-refractivity contribution in [3.8, 4) is 5.75 Å². The summed E-state index contributed by atoms with van der Waals surface area (Å²) in [6, 6.07) is 7.85. The second kappa shape index (κ2) is 13.3. The quantitative estimate of drug-likeness (QED) is 0.108. The number of nitrogen functional groups attached to an aromatic ring is 1. The average molecular weight is 624 g/mol. The van der Waals surface area contributed by atoms with E-state index in [1.165, 1.54) is 13.8 Å². The summed E-state index contributed by atoms with van der Waals surface area (Å²) in [4.78, 5) is 42.2. The van der Waals surface area contributed by atoms with Crippen LogP contribution in [0.15, 0.2) is 53.8 Å². The molecule has 234 valence electrons. The molecule has 0 amide bonds. The monoisotopic (exact) mass is 623 g/mol. The minimum absolute atomic E-state index is 0.0696. The number of para-hydroxylation sites is 1. The van der Waals surface area contributed by atoms with Crippen molar-refractivity contribution in [1.29, 1.82) is 0 Å². The summed E-state index contributed by atoms with van der Waals surface area (Å²) in [5.41, 5.74) is 7.30. The average Bonchev–Trinajstić information content (AvgIpc) is 3.51. The van der Waals surface area contributed by atoms with Crippen LogP contribution in [0, 0.1) is 11.8 Å². The van der Waals surface area contributed by atoms with Gasteiger partial charge in [-0.2, -0.15) is 9.97 Å². The number of allylic oxidation sites excluding steroid dienone is 1. The molecule has 0 aliphatic heterocycles. The molecule has 1 aromatic carbocycles. The van der Waals surface area contributed by atoms with Crippen LogP contribution in [0.3, 0.4) is 0 Å². The number of rotatable bonds is 14. The zero-order valence-corrected chi connectivity index (χ0v) is 26.1. The van der Waals surface area contributed by atoms with Crippen molar-refractivity contribution >= 4 is 48.2 Å². The first-order chi connectivity index (χ1) is 21.0. The predicted octanol–water partition coefficient (Wildman–Crippen LogP) is 4.96. The van der Waals surface area contributed by atoms with E-state index in [9.17, 15) is 14.2 Å². The molecule has 1 fully saturated rings. The van der Waals surface area contributed by atoms with Crippen molar-refractivity contribution in [2.75, 3.05) is 17.7 Å². The Kier molecular flexibility index (Phi) is 9.45. The maximum atomic E-state index is 13.9. The molecule has 2 aliphatic rings. The highest BCUT2D eigenvalue weighted by Crippen LogP contribution is 2.47. The lowest BCUT2D eigenvalue weighted by Gasteiger charge is -2.19. The fourth-order valence-electron chi connectivity index (χ4n) is 4.73. The number of esters is 1. The number of carbonyl (C=O) groups is 2. The molecule has 0 radical (unpaired) electrons. The minimum atomic E-state index is -3.96. The Bertz CT molecular complexity index is 1600. The molecule has 13 nitrogen and oxygen atoms in total. The lowest BCUT2D eigenvalue weighted by Crippen LogP contribution is -2.31. The molecule has 14 heteroatoms. The number of fused-ring (bicyclic) bond motifs is 1. The number of aromatic nitrogens is 4. The smallest absolute Gasteiger partial charge is 0.421 e. The van der Waals surface area contributed by atoms with Gasteiger partial charge in [0.2, 0.25) is 5.95 Å². The van der Waals surface area contributed by atoms with Gasteiger partial charge in [0.15, 0.2) is 28.9 Å². The van der Waals surface area contributed by atoms with Crippen molar-refractivity contribution in [2.45, 2.75) is 71.2 Å². The predicted molar refractivity (Wildman–Crippen MR) is 167 cm³/mol. The van der Waals surface area contributed by atoms with E-state index >= 15 is 0 Å². The maximum Gasteiger partial charge on any atom is 0.421 e. The molecule has 44 heavy (non-hydrogen) atoms. The van der Waals surface area contributed by atoms with E-state index < -0.39 is 25.7 Å². The molecule has 1 unspecified atom stereocenters. The number of benzene rings is 1. The maximum absolute atomic E-state index is 13.9. The Morgan fingerprint density at radius 3 is 2.61 bits per heavy atom. The number of aliphatic imine (C=N–C) groups is 1. The summed E-state index contributed by atoms with van der Waals surface area (Å²) in [5, 5.41) is 3.37. The number of Topliss-reactive ketones (excluding diaryl/α,β-unsaturated/α-hetero) is 1. The largest absolute Gasteiger partial charge is 0.453 e. The Labute approximate surface area is 255 Å². The summed E-state index contributed by atoms with van der Waals surface area (Å²) in [7, 11) is -3.96. The normalized spacial score (nSPS) is 20.9. The number of hydrogen-bond donors (Lipinski definition) is 2. The first-order valence-corrected chi connectivity index (χ1v) is 16.3. The fourth-order valence-corrected chi connectivity index (χ4v) is 6.08. The second-order valence-electron chi connectivity index (χ2n) is 11.4. The number of ketones is 1. The number of nitrogens with one attached hydrogen (secondary N) is 1. The van der Waals surface area contributed by atoms with Crippen molar-refractivity contribution in [3.63, 3.8) is 0 Å². The number of carbonyl (C=O) groups excluding carboxylic acids is 2. The van der Waals surface area contributed by atoms with Crippen LogP contribution in [-0.2, 0) is 23.4 Å². The van der Waals surface area contributed by atoms with Gasteiger partial charge < -0.3 is 24.9 Å². The number of hydrogen-bond acceptors (Lipinski definition) is 12. The highest BCUT2D eigenvalue weighted by atomic mass is 31.2. The Balaban J connectivity index is 1.25. The van der Waals surface area contributed by atoms with Gasteiger partial charge in [0.05, 0.1) is 19.0 Å². The van der Waals surface area contributed by atoms with Gasteiger partial charge in [0.1, 0.15) is 17.7 Å². The van der Waals surface area contributed by atoms with Crippen LogP contribution in [0.25, 0.3) is 11.2 Å². The molecular weight excluding hydrogens is 585 g/mol. The van der Waals surface area contributed by atoms with Gasteiger partial charge >= 0.3 is 13.6 Å².